The van der Waals surface area contributed by atoms with Gasteiger partial charge in [0.1, 0.15) is 73.2 Å². The molecule has 0 saturated carbocycles. The fourth-order valence-corrected chi connectivity index (χ4v) is 9.71. The Morgan fingerprint density at radius 1 is 0.473 bits per heavy atom. The van der Waals surface area contributed by atoms with Crippen LogP contribution in [0.2, 0.25) is 0 Å². The number of amides is 1. The van der Waals surface area contributed by atoms with E-state index < -0.39 is 124 Å². The highest BCUT2D eigenvalue weighted by atomic mass is 16.8. The predicted molar refractivity (Wildman–Crippen MR) is 277 cm³/mol. The van der Waals surface area contributed by atoms with Crippen LogP contribution in [0, 0.1) is 0 Å². The standard InChI is InChI=1S/C55H101NO18/c1-3-5-7-9-11-13-15-17-19-20-22-24-26-28-30-32-39(60)38(56-43(61)33-31-29-27-25-23-21-18-16-14-12-10-8-6-4-2)37-69-53-49(67)46(64)51(41(35-58)71-53)74-55-50(68)47(65)52(42(36-59)72-55)73-54-48(66)45(63)44(62)40(34-57)70-54/h16,18,30,32,38-42,44-55,57-60,62-68H,3-15,17,19-29,31,33-37H2,1-2H3,(H,56,61)/b18-16-,32-30+. The molecule has 0 aromatic rings. The average molecular weight is 1060 g/mol. The summed E-state index contributed by atoms with van der Waals surface area (Å²) in [5.74, 6) is -0.286. The van der Waals surface area contributed by atoms with Gasteiger partial charge in [-0.25, -0.2) is 0 Å². The van der Waals surface area contributed by atoms with E-state index in [9.17, 15) is 61.0 Å². The Morgan fingerprint density at radius 2 is 0.851 bits per heavy atom. The van der Waals surface area contributed by atoms with Gasteiger partial charge in [0, 0.05) is 6.42 Å². The normalized spacial score (nSPS) is 31.6. The van der Waals surface area contributed by atoms with E-state index >= 15 is 0 Å². The molecule has 0 aromatic carbocycles. The first-order valence-corrected chi connectivity index (χ1v) is 28.6. The molecule has 19 heteroatoms. The van der Waals surface area contributed by atoms with Crippen LogP contribution in [0.1, 0.15) is 187 Å². The number of aliphatic hydroxyl groups excluding tert-OH is 11. The Labute approximate surface area is 441 Å². The number of nitrogens with one attached hydrogen (secondary N) is 1. The first kappa shape index (κ1) is 66.5. The SMILES string of the molecule is CCCCCCC/C=C\CCCCCCCC(=O)NC(COC1OC(CO)C(OC2OC(CO)C(OC3OC(CO)C(O)C(O)C3O)C(O)C2O)C(O)C1O)C(O)/C=C/CCCCCCCCCCCCCCC. The molecular formula is C55H101NO18. The van der Waals surface area contributed by atoms with Crippen molar-refractivity contribution in [2.24, 2.45) is 0 Å². The summed E-state index contributed by atoms with van der Waals surface area (Å²) in [7, 11) is 0. The highest BCUT2D eigenvalue weighted by Gasteiger charge is 2.53. The molecule has 0 spiro atoms. The number of aliphatic hydroxyl groups is 11. The van der Waals surface area contributed by atoms with Gasteiger partial charge in [-0.2, -0.15) is 0 Å². The topological polar surface area (TPSA) is 307 Å². The number of ether oxygens (including phenoxy) is 6. The molecule has 0 bridgehead atoms. The van der Waals surface area contributed by atoms with E-state index in [0.717, 1.165) is 64.2 Å². The van der Waals surface area contributed by atoms with Crippen molar-refractivity contribution in [3.63, 3.8) is 0 Å². The molecule has 3 aliphatic heterocycles. The summed E-state index contributed by atoms with van der Waals surface area (Å²) >= 11 is 0. The third-order valence-corrected chi connectivity index (χ3v) is 14.5. The fourth-order valence-electron chi connectivity index (χ4n) is 9.71. The molecule has 1 amide bonds. The van der Waals surface area contributed by atoms with Crippen LogP contribution in [0.25, 0.3) is 0 Å². The Balaban J connectivity index is 1.54. The monoisotopic (exact) mass is 1060 g/mol. The minimum atomic E-state index is -1.98. The van der Waals surface area contributed by atoms with Crippen LogP contribution in [0.4, 0.5) is 0 Å². The Hall–Kier alpha value is -1.73. The molecule has 74 heavy (non-hydrogen) atoms. The summed E-state index contributed by atoms with van der Waals surface area (Å²) < 4.78 is 34.2. The minimum Gasteiger partial charge on any atom is -0.394 e. The molecular weight excluding hydrogens is 963 g/mol. The fraction of sp³-hybridized carbons (Fsp3) is 0.909. The molecule has 17 atom stereocenters. The summed E-state index contributed by atoms with van der Waals surface area (Å²) in [4.78, 5) is 13.3. The van der Waals surface area contributed by atoms with Gasteiger partial charge in [-0.3, -0.25) is 4.79 Å². The van der Waals surface area contributed by atoms with E-state index in [1.807, 2.05) is 6.08 Å². The van der Waals surface area contributed by atoms with Crippen LogP contribution in [0.5, 0.6) is 0 Å². The molecule has 0 aliphatic carbocycles. The van der Waals surface area contributed by atoms with Gasteiger partial charge >= 0.3 is 0 Å². The molecule has 3 fully saturated rings. The second-order valence-electron chi connectivity index (χ2n) is 20.8. The molecule has 19 nitrogen and oxygen atoms in total. The van der Waals surface area contributed by atoms with Crippen LogP contribution in [-0.2, 0) is 33.2 Å². The number of rotatable bonds is 41. The maximum atomic E-state index is 13.3. The van der Waals surface area contributed by atoms with Crippen molar-refractivity contribution in [2.45, 2.75) is 291 Å². The number of hydrogen-bond acceptors (Lipinski definition) is 18. The zero-order valence-corrected chi connectivity index (χ0v) is 44.8. The highest BCUT2D eigenvalue weighted by Crippen LogP contribution is 2.33. The maximum absolute atomic E-state index is 13.3. The second kappa shape index (κ2) is 39.6. The quantitative estimate of drug-likeness (QED) is 0.0304. The maximum Gasteiger partial charge on any atom is 0.220 e. The van der Waals surface area contributed by atoms with Gasteiger partial charge in [0.25, 0.3) is 0 Å². The van der Waals surface area contributed by atoms with Crippen molar-refractivity contribution >= 4 is 5.91 Å². The lowest BCUT2D eigenvalue weighted by molar-refractivity contribution is -0.379. The first-order valence-electron chi connectivity index (χ1n) is 28.6. The van der Waals surface area contributed by atoms with Crippen molar-refractivity contribution in [2.75, 3.05) is 26.4 Å². The lowest BCUT2D eigenvalue weighted by Gasteiger charge is -2.48. The summed E-state index contributed by atoms with van der Waals surface area (Å²) in [6.07, 6.45) is 11.6. The highest BCUT2D eigenvalue weighted by molar-refractivity contribution is 5.76. The third kappa shape index (κ3) is 24.1. The molecule has 3 heterocycles. The lowest BCUT2D eigenvalue weighted by Crippen LogP contribution is -2.66. The number of carbonyl (C=O) groups is 1. The van der Waals surface area contributed by atoms with Crippen LogP contribution in [0.3, 0.4) is 0 Å². The lowest BCUT2D eigenvalue weighted by atomic mass is 9.96. The summed E-state index contributed by atoms with van der Waals surface area (Å²) in [5.41, 5.74) is 0. The minimum absolute atomic E-state index is 0.234. The van der Waals surface area contributed by atoms with Crippen molar-refractivity contribution in [1.29, 1.82) is 0 Å². The zero-order valence-electron chi connectivity index (χ0n) is 44.8. The third-order valence-electron chi connectivity index (χ3n) is 14.5. The van der Waals surface area contributed by atoms with Gasteiger partial charge in [0.15, 0.2) is 18.9 Å². The number of unbranched alkanes of at least 4 members (excludes halogenated alkanes) is 23. The van der Waals surface area contributed by atoms with Crippen LogP contribution < -0.4 is 5.32 Å². The molecule has 434 valence electrons. The molecule has 17 unspecified atom stereocenters. The van der Waals surface area contributed by atoms with Gasteiger partial charge in [0.2, 0.25) is 5.91 Å². The second-order valence-corrected chi connectivity index (χ2v) is 20.8. The summed E-state index contributed by atoms with van der Waals surface area (Å²) in [6, 6.07) is -0.973. The van der Waals surface area contributed by atoms with E-state index in [1.54, 1.807) is 6.08 Å². The molecule has 0 radical (unpaired) electrons. The number of carbonyl (C=O) groups excluding carboxylic acids is 1. The van der Waals surface area contributed by atoms with Gasteiger partial charge in [-0.15, -0.1) is 0 Å². The van der Waals surface area contributed by atoms with Crippen LogP contribution in [-0.4, -0.2) is 193 Å². The number of allylic oxidation sites excluding steroid dienone is 3. The van der Waals surface area contributed by atoms with Crippen molar-refractivity contribution < 1.29 is 89.4 Å². The van der Waals surface area contributed by atoms with E-state index in [0.29, 0.717) is 6.42 Å². The molecule has 3 rings (SSSR count). The van der Waals surface area contributed by atoms with Crippen LogP contribution >= 0.6 is 0 Å². The largest absolute Gasteiger partial charge is 0.394 e. The van der Waals surface area contributed by atoms with Gasteiger partial charge in [-0.05, 0) is 44.9 Å². The Bertz CT molecular complexity index is 1460. The van der Waals surface area contributed by atoms with Crippen LogP contribution in [0.15, 0.2) is 24.3 Å². The Kier molecular flexibility index (Phi) is 35.6. The first-order chi connectivity index (χ1) is 35.8. The number of hydrogen-bond donors (Lipinski definition) is 12. The van der Waals surface area contributed by atoms with Gasteiger partial charge in [-0.1, -0.05) is 160 Å². The van der Waals surface area contributed by atoms with E-state index in [2.05, 4.69) is 31.3 Å². The summed E-state index contributed by atoms with van der Waals surface area (Å²) in [6.45, 7) is 1.69. The van der Waals surface area contributed by atoms with E-state index in [4.69, 9.17) is 28.4 Å². The molecule has 3 saturated heterocycles. The molecule has 12 N–H and O–H groups in total. The van der Waals surface area contributed by atoms with Crippen molar-refractivity contribution in [1.82, 2.24) is 5.32 Å². The van der Waals surface area contributed by atoms with Gasteiger partial charge in [0.05, 0.1) is 38.6 Å². The van der Waals surface area contributed by atoms with Crippen molar-refractivity contribution in [3.05, 3.63) is 24.3 Å². The predicted octanol–water partition coefficient (Wildman–Crippen LogP) is 3.98. The zero-order chi connectivity index (χ0) is 54.1. The van der Waals surface area contributed by atoms with Crippen molar-refractivity contribution in [3.8, 4) is 0 Å². The van der Waals surface area contributed by atoms with E-state index in [-0.39, 0.29) is 18.9 Å². The summed E-state index contributed by atoms with van der Waals surface area (Å²) in [5, 5.41) is 120. The molecule has 3 aliphatic rings. The smallest absolute Gasteiger partial charge is 0.220 e. The average Bonchev–Trinajstić information content (AvgIpc) is 3.40. The molecule has 0 aromatic heterocycles. The Morgan fingerprint density at radius 3 is 1.31 bits per heavy atom. The van der Waals surface area contributed by atoms with Gasteiger partial charge < -0.3 is 89.9 Å². The van der Waals surface area contributed by atoms with E-state index in [1.165, 1.54) is 96.3 Å².